The van der Waals surface area contributed by atoms with Gasteiger partial charge in [-0.05, 0) is 55.2 Å². The van der Waals surface area contributed by atoms with Crippen LogP contribution >= 0.6 is 11.6 Å². The van der Waals surface area contributed by atoms with Crippen LogP contribution in [0.15, 0.2) is 42.6 Å². The highest BCUT2D eigenvalue weighted by Crippen LogP contribution is 2.27. The van der Waals surface area contributed by atoms with Crippen molar-refractivity contribution in [1.29, 1.82) is 0 Å². The van der Waals surface area contributed by atoms with Crippen LogP contribution in [0.25, 0.3) is 17.0 Å². The van der Waals surface area contributed by atoms with E-state index in [-0.39, 0.29) is 5.91 Å². The van der Waals surface area contributed by atoms with E-state index in [0.717, 1.165) is 12.1 Å². The smallest absolute Gasteiger partial charge is 0.252 e. The third-order valence-corrected chi connectivity index (χ3v) is 4.27. The number of rotatable bonds is 4. The fraction of sp³-hybridized carbons (Fsp3) is 0.235. The number of carbonyl (C=O) groups is 1. The molecule has 1 amide bonds. The molecule has 0 saturated heterocycles. The third-order valence-electron chi connectivity index (χ3n) is 4.02. The Hall–Kier alpha value is -2.40. The van der Waals surface area contributed by atoms with Gasteiger partial charge < -0.3 is 5.32 Å². The van der Waals surface area contributed by atoms with Crippen molar-refractivity contribution in [3.05, 3.63) is 53.2 Å². The molecule has 23 heavy (non-hydrogen) atoms. The van der Waals surface area contributed by atoms with Crippen LogP contribution in [0.5, 0.6) is 0 Å². The molecule has 0 atom stereocenters. The SMILES string of the molecule is O=C(NCC1CC1)c1ccc2nnc(-c3ccc(Cl)cc3)n2c1. The molecule has 0 spiro atoms. The Kier molecular flexibility index (Phi) is 3.50. The number of hydrogen-bond acceptors (Lipinski definition) is 3. The van der Waals surface area contributed by atoms with E-state index in [1.165, 1.54) is 12.8 Å². The molecular formula is C17H15ClN4O. The Balaban J connectivity index is 1.67. The Morgan fingerprint density at radius 3 is 2.70 bits per heavy atom. The molecule has 0 unspecified atom stereocenters. The van der Waals surface area contributed by atoms with E-state index in [4.69, 9.17) is 11.6 Å². The van der Waals surface area contributed by atoms with E-state index in [1.807, 2.05) is 28.7 Å². The molecule has 2 heterocycles. The van der Waals surface area contributed by atoms with Crippen molar-refractivity contribution in [3.63, 3.8) is 0 Å². The monoisotopic (exact) mass is 326 g/mol. The lowest BCUT2D eigenvalue weighted by Gasteiger charge is -2.06. The summed E-state index contributed by atoms with van der Waals surface area (Å²) in [5, 5.41) is 12.0. The van der Waals surface area contributed by atoms with E-state index in [1.54, 1.807) is 18.3 Å². The fourth-order valence-corrected chi connectivity index (χ4v) is 2.61. The highest BCUT2D eigenvalue weighted by atomic mass is 35.5. The molecule has 0 aliphatic heterocycles. The molecule has 1 aromatic carbocycles. The second-order valence-corrected chi connectivity index (χ2v) is 6.27. The highest BCUT2D eigenvalue weighted by molar-refractivity contribution is 6.30. The molecule has 0 bridgehead atoms. The third kappa shape index (κ3) is 2.92. The summed E-state index contributed by atoms with van der Waals surface area (Å²) in [6.07, 6.45) is 4.21. The zero-order valence-electron chi connectivity index (χ0n) is 12.4. The van der Waals surface area contributed by atoms with Crippen molar-refractivity contribution in [2.45, 2.75) is 12.8 Å². The van der Waals surface area contributed by atoms with Gasteiger partial charge in [-0.15, -0.1) is 10.2 Å². The number of nitrogens with one attached hydrogen (secondary N) is 1. The molecule has 1 fully saturated rings. The van der Waals surface area contributed by atoms with Crippen molar-refractivity contribution in [3.8, 4) is 11.4 Å². The number of fused-ring (bicyclic) bond motifs is 1. The average Bonchev–Trinajstić information content (AvgIpc) is 3.31. The summed E-state index contributed by atoms with van der Waals surface area (Å²) in [6.45, 7) is 0.753. The topological polar surface area (TPSA) is 59.3 Å². The van der Waals surface area contributed by atoms with Gasteiger partial charge in [0.25, 0.3) is 5.91 Å². The standard InChI is InChI=1S/C17H15ClN4O/c18-14-6-3-12(4-7-14)16-21-20-15-8-5-13(10-22(15)16)17(23)19-9-11-1-2-11/h3-8,10-11H,1-2,9H2,(H,19,23). The van der Waals surface area contributed by atoms with E-state index in [9.17, 15) is 4.79 Å². The summed E-state index contributed by atoms with van der Waals surface area (Å²) in [7, 11) is 0. The number of carbonyl (C=O) groups excluding carboxylic acids is 1. The van der Waals surface area contributed by atoms with Gasteiger partial charge in [0, 0.05) is 23.3 Å². The highest BCUT2D eigenvalue weighted by Gasteiger charge is 2.22. The number of hydrogen-bond donors (Lipinski definition) is 1. The molecular weight excluding hydrogens is 312 g/mol. The number of aromatic nitrogens is 3. The zero-order chi connectivity index (χ0) is 15.8. The van der Waals surface area contributed by atoms with Crippen LogP contribution in [0.4, 0.5) is 0 Å². The molecule has 1 N–H and O–H groups in total. The quantitative estimate of drug-likeness (QED) is 0.801. The van der Waals surface area contributed by atoms with Crippen molar-refractivity contribution in [2.24, 2.45) is 5.92 Å². The van der Waals surface area contributed by atoms with E-state index < -0.39 is 0 Å². The van der Waals surface area contributed by atoms with Crippen LogP contribution in [0, 0.1) is 5.92 Å². The lowest BCUT2D eigenvalue weighted by Crippen LogP contribution is -2.25. The Labute approximate surface area is 138 Å². The summed E-state index contributed by atoms with van der Waals surface area (Å²) in [4.78, 5) is 12.3. The molecule has 5 nitrogen and oxygen atoms in total. The van der Waals surface area contributed by atoms with Gasteiger partial charge in [0.2, 0.25) is 0 Å². The maximum absolute atomic E-state index is 12.3. The van der Waals surface area contributed by atoms with Gasteiger partial charge in [-0.2, -0.15) is 0 Å². The molecule has 116 valence electrons. The lowest BCUT2D eigenvalue weighted by molar-refractivity contribution is 0.0951. The molecule has 1 saturated carbocycles. The average molecular weight is 327 g/mol. The van der Waals surface area contributed by atoms with Crippen LogP contribution in [-0.4, -0.2) is 27.0 Å². The normalized spacial score (nSPS) is 14.1. The second-order valence-electron chi connectivity index (χ2n) is 5.83. The van der Waals surface area contributed by atoms with Gasteiger partial charge in [-0.3, -0.25) is 9.20 Å². The number of benzene rings is 1. The summed E-state index contributed by atoms with van der Waals surface area (Å²) in [5.74, 6) is 1.28. The molecule has 1 aliphatic rings. The van der Waals surface area contributed by atoms with Gasteiger partial charge in [-0.25, -0.2) is 0 Å². The predicted molar refractivity (Wildman–Crippen MR) is 88.5 cm³/mol. The molecule has 2 aromatic heterocycles. The van der Waals surface area contributed by atoms with Crippen LogP contribution < -0.4 is 5.32 Å². The van der Waals surface area contributed by atoms with Gasteiger partial charge in [-0.1, -0.05) is 11.6 Å². The van der Waals surface area contributed by atoms with Gasteiger partial charge in [0.1, 0.15) is 0 Å². The van der Waals surface area contributed by atoms with Crippen molar-refractivity contribution < 1.29 is 4.79 Å². The number of pyridine rings is 1. The van der Waals surface area contributed by atoms with Gasteiger partial charge >= 0.3 is 0 Å². The zero-order valence-corrected chi connectivity index (χ0v) is 13.1. The van der Waals surface area contributed by atoms with Crippen molar-refractivity contribution in [2.75, 3.05) is 6.54 Å². The molecule has 1 aliphatic carbocycles. The largest absolute Gasteiger partial charge is 0.352 e. The first kappa shape index (κ1) is 14.2. The summed E-state index contributed by atoms with van der Waals surface area (Å²) in [6, 6.07) is 11.0. The maximum atomic E-state index is 12.3. The summed E-state index contributed by atoms with van der Waals surface area (Å²) in [5.41, 5.74) is 2.21. The van der Waals surface area contributed by atoms with Crippen molar-refractivity contribution >= 4 is 23.2 Å². The van der Waals surface area contributed by atoms with E-state index in [2.05, 4.69) is 15.5 Å². The molecule has 6 heteroatoms. The second kappa shape index (κ2) is 5.66. The first-order chi connectivity index (χ1) is 11.2. The summed E-state index contributed by atoms with van der Waals surface area (Å²) < 4.78 is 1.83. The molecule has 4 rings (SSSR count). The Morgan fingerprint density at radius 1 is 1.17 bits per heavy atom. The Bertz CT molecular complexity index is 868. The van der Waals surface area contributed by atoms with Gasteiger partial charge in [0.15, 0.2) is 11.5 Å². The maximum Gasteiger partial charge on any atom is 0.252 e. The number of nitrogens with zero attached hydrogens (tertiary/aromatic N) is 3. The summed E-state index contributed by atoms with van der Waals surface area (Å²) >= 11 is 5.93. The van der Waals surface area contributed by atoms with Crippen LogP contribution in [0.3, 0.4) is 0 Å². The van der Waals surface area contributed by atoms with Crippen LogP contribution in [0.1, 0.15) is 23.2 Å². The molecule has 3 aromatic rings. The van der Waals surface area contributed by atoms with Crippen LogP contribution in [0.2, 0.25) is 5.02 Å². The van der Waals surface area contributed by atoms with E-state index in [0.29, 0.717) is 28.0 Å². The van der Waals surface area contributed by atoms with Crippen molar-refractivity contribution in [1.82, 2.24) is 19.9 Å². The Morgan fingerprint density at radius 2 is 1.96 bits per heavy atom. The number of halogens is 1. The fourth-order valence-electron chi connectivity index (χ4n) is 2.48. The first-order valence-corrected chi connectivity index (χ1v) is 7.97. The minimum absolute atomic E-state index is 0.0606. The van der Waals surface area contributed by atoms with E-state index >= 15 is 0 Å². The lowest BCUT2D eigenvalue weighted by atomic mass is 10.2. The first-order valence-electron chi connectivity index (χ1n) is 7.59. The minimum atomic E-state index is -0.0606. The number of amides is 1. The predicted octanol–water partition coefficient (Wildman–Crippen LogP) is 3.19. The van der Waals surface area contributed by atoms with Crippen LogP contribution in [-0.2, 0) is 0 Å². The minimum Gasteiger partial charge on any atom is -0.352 e. The van der Waals surface area contributed by atoms with Gasteiger partial charge in [0.05, 0.1) is 5.56 Å². The molecule has 0 radical (unpaired) electrons.